The highest BCUT2D eigenvalue weighted by molar-refractivity contribution is 5.77. The standard InChI is InChI=1S/C18H27NO3/c1-17(2,3)21-14-10-8-13(9-11-14)12-15(19-7)16(20)22-18(4,5)6/h8-11,15H,7,12H2,1-6H3. The smallest absolute Gasteiger partial charge is 0.331 e. The number of rotatable bonds is 5. The monoisotopic (exact) mass is 305 g/mol. The summed E-state index contributed by atoms with van der Waals surface area (Å²) in [5.41, 5.74) is 0.234. The molecule has 0 aliphatic rings. The van der Waals surface area contributed by atoms with Crippen LogP contribution in [0.15, 0.2) is 29.3 Å². The van der Waals surface area contributed by atoms with Gasteiger partial charge in [-0.2, -0.15) is 0 Å². The van der Waals surface area contributed by atoms with E-state index in [2.05, 4.69) is 11.7 Å². The molecule has 1 atom stereocenters. The molecule has 0 bridgehead atoms. The molecule has 0 saturated carbocycles. The second-order valence-corrected chi connectivity index (χ2v) is 7.29. The summed E-state index contributed by atoms with van der Waals surface area (Å²) in [6, 6.07) is 7.08. The average Bonchev–Trinajstić information content (AvgIpc) is 2.33. The summed E-state index contributed by atoms with van der Waals surface area (Å²) in [6.45, 7) is 15.0. The van der Waals surface area contributed by atoms with Gasteiger partial charge in [-0.25, -0.2) is 4.79 Å². The topological polar surface area (TPSA) is 47.9 Å². The largest absolute Gasteiger partial charge is 0.488 e. The molecule has 0 fully saturated rings. The van der Waals surface area contributed by atoms with Gasteiger partial charge in [0.25, 0.3) is 0 Å². The molecule has 0 heterocycles. The Balaban J connectivity index is 2.72. The van der Waals surface area contributed by atoms with E-state index in [0.717, 1.165) is 11.3 Å². The van der Waals surface area contributed by atoms with Gasteiger partial charge in [0.1, 0.15) is 17.0 Å². The van der Waals surface area contributed by atoms with E-state index in [-0.39, 0.29) is 11.6 Å². The molecule has 1 unspecified atom stereocenters. The van der Waals surface area contributed by atoms with Gasteiger partial charge in [0.15, 0.2) is 6.04 Å². The van der Waals surface area contributed by atoms with E-state index in [1.54, 1.807) is 0 Å². The molecule has 0 amide bonds. The fraction of sp³-hybridized carbons (Fsp3) is 0.556. The lowest BCUT2D eigenvalue weighted by Crippen LogP contribution is -2.32. The molecule has 0 radical (unpaired) electrons. The zero-order valence-corrected chi connectivity index (χ0v) is 14.5. The Morgan fingerprint density at radius 1 is 1.09 bits per heavy atom. The molecule has 4 nitrogen and oxygen atoms in total. The molecule has 0 aromatic heterocycles. The molecule has 22 heavy (non-hydrogen) atoms. The van der Waals surface area contributed by atoms with Gasteiger partial charge in [-0.15, -0.1) is 0 Å². The van der Waals surface area contributed by atoms with Crippen LogP contribution in [-0.4, -0.2) is 29.9 Å². The van der Waals surface area contributed by atoms with Crippen LogP contribution in [0.4, 0.5) is 0 Å². The van der Waals surface area contributed by atoms with Gasteiger partial charge in [0.2, 0.25) is 0 Å². The highest BCUT2D eigenvalue weighted by Crippen LogP contribution is 2.20. The summed E-state index contributed by atoms with van der Waals surface area (Å²) in [5.74, 6) is 0.453. The summed E-state index contributed by atoms with van der Waals surface area (Å²) < 4.78 is 11.1. The van der Waals surface area contributed by atoms with Crippen LogP contribution >= 0.6 is 0 Å². The third kappa shape index (κ3) is 6.74. The van der Waals surface area contributed by atoms with Gasteiger partial charge >= 0.3 is 5.97 Å². The molecule has 122 valence electrons. The molecule has 0 aliphatic heterocycles. The SMILES string of the molecule is C=NC(Cc1ccc(OC(C)(C)C)cc1)C(=O)OC(C)(C)C. The number of hydrogen-bond donors (Lipinski definition) is 0. The van der Waals surface area contributed by atoms with Gasteiger partial charge in [-0.05, 0) is 66.0 Å². The second-order valence-electron chi connectivity index (χ2n) is 7.29. The Morgan fingerprint density at radius 2 is 1.64 bits per heavy atom. The third-order valence-corrected chi connectivity index (χ3v) is 2.68. The van der Waals surface area contributed by atoms with Crippen molar-refractivity contribution in [2.75, 3.05) is 0 Å². The Bertz CT molecular complexity index is 507. The van der Waals surface area contributed by atoms with Crippen molar-refractivity contribution < 1.29 is 14.3 Å². The van der Waals surface area contributed by atoms with Crippen molar-refractivity contribution in [1.29, 1.82) is 0 Å². The maximum Gasteiger partial charge on any atom is 0.331 e. The van der Waals surface area contributed by atoms with Crippen LogP contribution in [-0.2, 0) is 16.0 Å². The number of nitrogens with zero attached hydrogens (tertiary/aromatic N) is 1. The summed E-state index contributed by atoms with van der Waals surface area (Å²) in [7, 11) is 0. The number of esters is 1. The van der Waals surface area contributed by atoms with Crippen molar-refractivity contribution in [3.05, 3.63) is 29.8 Å². The van der Waals surface area contributed by atoms with E-state index < -0.39 is 11.6 Å². The summed E-state index contributed by atoms with van der Waals surface area (Å²) in [5, 5.41) is 0. The quantitative estimate of drug-likeness (QED) is 0.614. The van der Waals surface area contributed by atoms with Crippen LogP contribution < -0.4 is 4.74 Å². The number of aliphatic imine (C=N–C) groups is 1. The van der Waals surface area contributed by atoms with E-state index in [1.807, 2.05) is 65.8 Å². The Hall–Kier alpha value is -1.84. The van der Waals surface area contributed by atoms with E-state index in [0.29, 0.717) is 6.42 Å². The van der Waals surface area contributed by atoms with Crippen molar-refractivity contribution in [3.63, 3.8) is 0 Å². The van der Waals surface area contributed by atoms with Crippen molar-refractivity contribution >= 4 is 12.7 Å². The normalized spacial score (nSPS) is 13.4. The fourth-order valence-corrected chi connectivity index (χ4v) is 1.86. The van der Waals surface area contributed by atoms with Crippen LogP contribution in [0.3, 0.4) is 0 Å². The first-order valence-corrected chi connectivity index (χ1v) is 7.47. The lowest BCUT2D eigenvalue weighted by Gasteiger charge is -2.22. The Morgan fingerprint density at radius 3 is 2.05 bits per heavy atom. The first kappa shape index (κ1) is 18.2. The van der Waals surface area contributed by atoms with E-state index in [1.165, 1.54) is 0 Å². The van der Waals surface area contributed by atoms with Gasteiger partial charge in [-0.3, -0.25) is 4.99 Å². The molecular weight excluding hydrogens is 278 g/mol. The second kappa shape index (κ2) is 6.95. The highest BCUT2D eigenvalue weighted by Gasteiger charge is 2.24. The van der Waals surface area contributed by atoms with Crippen molar-refractivity contribution in [2.24, 2.45) is 4.99 Å². The molecular formula is C18H27NO3. The minimum absolute atomic E-state index is 0.233. The maximum absolute atomic E-state index is 12.1. The number of ether oxygens (including phenoxy) is 2. The van der Waals surface area contributed by atoms with Crippen LogP contribution in [0.5, 0.6) is 5.75 Å². The number of carbonyl (C=O) groups is 1. The molecule has 1 aromatic rings. The Labute approximate surface area is 133 Å². The highest BCUT2D eigenvalue weighted by atomic mass is 16.6. The molecule has 0 saturated heterocycles. The first-order chi connectivity index (χ1) is 10.00. The average molecular weight is 305 g/mol. The molecule has 1 aromatic carbocycles. The molecule has 0 spiro atoms. The zero-order valence-electron chi connectivity index (χ0n) is 14.5. The summed E-state index contributed by atoms with van der Waals surface area (Å²) in [4.78, 5) is 16.0. The van der Waals surface area contributed by atoms with Gasteiger partial charge in [-0.1, -0.05) is 12.1 Å². The minimum Gasteiger partial charge on any atom is -0.488 e. The molecule has 0 aliphatic carbocycles. The Kier molecular flexibility index (Phi) is 5.75. The minimum atomic E-state index is -0.589. The number of carbonyl (C=O) groups excluding carboxylic acids is 1. The maximum atomic E-state index is 12.1. The van der Waals surface area contributed by atoms with Crippen molar-refractivity contribution in [3.8, 4) is 5.75 Å². The summed E-state index contributed by atoms with van der Waals surface area (Å²) in [6.07, 6.45) is 0.466. The molecule has 0 N–H and O–H groups in total. The van der Waals surface area contributed by atoms with Gasteiger partial charge in [0, 0.05) is 6.42 Å². The summed E-state index contributed by atoms with van der Waals surface area (Å²) >= 11 is 0. The van der Waals surface area contributed by atoms with E-state index in [4.69, 9.17) is 9.47 Å². The van der Waals surface area contributed by atoms with Crippen LogP contribution in [0.25, 0.3) is 0 Å². The van der Waals surface area contributed by atoms with E-state index >= 15 is 0 Å². The fourth-order valence-electron chi connectivity index (χ4n) is 1.86. The van der Waals surface area contributed by atoms with Crippen molar-refractivity contribution in [2.45, 2.75) is 65.2 Å². The third-order valence-electron chi connectivity index (χ3n) is 2.68. The number of hydrogen-bond acceptors (Lipinski definition) is 4. The lowest BCUT2D eigenvalue weighted by molar-refractivity contribution is -0.156. The lowest BCUT2D eigenvalue weighted by atomic mass is 10.1. The predicted octanol–water partition coefficient (Wildman–Crippen LogP) is 3.82. The number of benzene rings is 1. The van der Waals surface area contributed by atoms with Gasteiger partial charge < -0.3 is 9.47 Å². The van der Waals surface area contributed by atoms with Gasteiger partial charge in [0.05, 0.1) is 0 Å². The van der Waals surface area contributed by atoms with Crippen LogP contribution in [0, 0.1) is 0 Å². The molecule has 4 heteroatoms. The predicted molar refractivity (Wildman–Crippen MR) is 89.7 cm³/mol. The van der Waals surface area contributed by atoms with Crippen LogP contribution in [0.1, 0.15) is 47.1 Å². The van der Waals surface area contributed by atoms with Crippen LogP contribution in [0.2, 0.25) is 0 Å². The molecule has 1 rings (SSSR count). The first-order valence-electron chi connectivity index (χ1n) is 7.47. The van der Waals surface area contributed by atoms with Crippen molar-refractivity contribution in [1.82, 2.24) is 0 Å². The van der Waals surface area contributed by atoms with E-state index in [9.17, 15) is 4.79 Å². The zero-order chi connectivity index (χ0) is 17.0.